The van der Waals surface area contributed by atoms with Crippen molar-refractivity contribution < 1.29 is 0 Å². The number of allylic oxidation sites excluding steroid dienone is 2. The quantitative estimate of drug-likeness (QED) is 0.238. The van der Waals surface area contributed by atoms with Crippen molar-refractivity contribution in [2.75, 3.05) is 0 Å². The second-order valence-electron chi connectivity index (χ2n) is 7.04. The van der Waals surface area contributed by atoms with E-state index in [0.29, 0.717) is 0 Å². The molecule has 0 rings (SSSR count). The van der Waals surface area contributed by atoms with Crippen LogP contribution in [0.2, 0.25) is 0 Å². The largest absolute Gasteiger partial charge is 0.0885 e. The average Bonchev–Trinajstić information content (AvgIpc) is 2.52. The first-order chi connectivity index (χ1) is 10.8. The van der Waals surface area contributed by atoms with Gasteiger partial charge in [0.05, 0.1) is 0 Å². The fourth-order valence-electron chi connectivity index (χ4n) is 3.10. The van der Waals surface area contributed by atoms with Crippen LogP contribution in [0.1, 0.15) is 110 Å². The lowest BCUT2D eigenvalue weighted by Crippen LogP contribution is -1.95. The highest BCUT2D eigenvalue weighted by Crippen LogP contribution is 2.18. The highest BCUT2D eigenvalue weighted by Gasteiger charge is 2.02. The predicted molar refractivity (Wildman–Crippen MR) is 103 cm³/mol. The minimum absolute atomic E-state index is 0.945. The molecule has 0 N–H and O–H groups in total. The molecule has 0 heterocycles. The Bertz CT molecular complexity index is 216. The van der Waals surface area contributed by atoms with E-state index >= 15 is 0 Å². The molecule has 0 aliphatic carbocycles. The van der Waals surface area contributed by atoms with E-state index in [1.165, 1.54) is 96.3 Å². The molecule has 0 bridgehead atoms. The summed E-state index contributed by atoms with van der Waals surface area (Å²) in [6.45, 7) is 10.1. The van der Waals surface area contributed by atoms with E-state index < -0.39 is 0 Å². The van der Waals surface area contributed by atoms with E-state index in [0.717, 1.165) is 12.3 Å². The van der Waals surface area contributed by atoms with E-state index in [1.807, 2.05) is 6.08 Å². The summed E-state index contributed by atoms with van der Waals surface area (Å²) < 4.78 is 0. The molecular formula is C22H42. The molecule has 0 amide bonds. The maximum atomic E-state index is 3.90. The lowest BCUT2D eigenvalue weighted by molar-refractivity contribution is 0.431. The Labute approximate surface area is 142 Å². The van der Waals surface area contributed by atoms with Gasteiger partial charge in [0.1, 0.15) is 0 Å². The van der Waals surface area contributed by atoms with Gasteiger partial charge in [-0.2, -0.15) is 0 Å². The van der Waals surface area contributed by atoms with Crippen LogP contribution in [-0.2, 0) is 0 Å². The summed E-state index contributed by atoms with van der Waals surface area (Å²) in [6, 6.07) is 0. The van der Waals surface area contributed by atoms with Gasteiger partial charge in [-0.15, -0.1) is 0 Å². The van der Waals surface area contributed by atoms with Gasteiger partial charge in [0.15, 0.2) is 0 Å². The molecule has 0 nitrogen and oxygen atoms in total. The molecule has 0 saturated heterocycles. The van der Waals surface area contributed by atoms with E-state index in [2.05, 4.69) is 26.8 Å². The summed E-state index contributed by atoms with van der Waals surface area (Å²) in [7, 11) is 0. The molecule has 0 fully saturated rings. The van der Waals surface area contributed by atoms with Crippen LogP contribution in [0.5, 0.6) is 0 Å². The highest BCUT2D eigenvalue weighted by molar-refractivity contribution is 4.83. The maximum absolute atomic E-state index is 3.90. The molecule has 1 atom stereocenters. The van der Waals surface area contributed by atoms with Crippen LogP contribution < -0.4 is 0 Å². The van der Waals surface area contributed by atoms with Crippen LogP contribution in [0.15, 0.2) is 12.2 Å². The van der Waals surface area contributed by atoms with Crippen molar-refractivity contribution in [2.45, 2.75) is 110 Å². The van der Waals surface area contributed by atoms with Crippen molar-refractivity contribution in [1.82, 2.24) is 0 Å². The zero-order valence-electron chi connectivity index (χ0n) is 15.5. The third kappa shape index (κ3) is 17.8. The van der Waals surface area contributed by atoms with Crippen molar-refractivity contribution in [3.63, 3.8) is 0 Å². The SMILES string of the molecule is [CH2]/C=C/CCCCCCCC(C)CCCCCCCCC[CH2]. The van der Waals surface area contributed by atoms with Crippen molar-refractivity contribution in [2.24, 2.45) is 5.92 Å². The van der Waals surface area contributed by atoms with Crippen molar-refractivity contribution >= 4 is 0 Å². The molecule has 2 radical (unpaired) electrons. The van der Waals surface area contributed by atoms with Gasteiger partial charge < -0.3 is 0 Å². The second-order valence-corrected chi connectivity index (χ2v) is 7.04. The third-order valence-electron chi connectivity index (χ3n) is 4.68. The van der Waals surface area contributed by atoms with Gasteiger partial charge in [-0.3, -0.25) is 0 Å². The normalized spacial score (nSPS) is 13.0. The van der Waals surface area contributed by atoms with E-state index in [1.54, 1.807) is 0 Å². The van der Waals surface area contributed by atoms with Crippen molar-refractivity contribution in [3.8, 4) is 0 Å². The molecule has 0 spiro atoms. The van der Waals surface area contributed by atoms with Crippen LogP contribution in [0.3, 0.4) is 0 Å². The van der Waals surface area contributed by atoms with E-state index in [-0.39, 0.29) is 0 Å². The number of unbranched alkanes of at least 4 members (excludes halogenated alkanes) is 12. The van der Waals surface area contributed by atoms with Gasteiger partial charge >= 0.3 is 0 Å². The average molecular weight is 307 g/mol. The summed E-state index contributed by atoms with van der Waals surface area (Å²) in [5.41, 5.74) is 0. The molecule has 0 aromatic rings. The molecule has 130 valence electrons. The first kappa shape index (κ1) is 21.7. The monoisotopic (exact) mass is 306 g/mol. The summed E-state index contributed by atoms with van der Waals surface area (Å²) in [5, 5.41) is 0. The van der Waals surface area contributed by atoms with Crippen LogP contribution >= 0.6 is 0 Å². The van der Waals surface area contributed by atoms with Gasteiger partial charge in [0.2, 0.25) is 0 Å². The smallest absolute Gasteiger partial charge is 0.0316 e. The fourth-order valence-corrected chi connectivity index (χ4v) is 3.10. The minimum atomic E-state index is 0.945. The summed E-state index contributed by atoms with van der Waals surface area (Å²) in [5.74, 6) is 0.945. The molecule has 1 unspecified atom stereocenters. The molecule has 0 saturated carbocycles. The molecule has 0 aromatic carbocycles. The zero-order chi connectivity index (χ0) is 16.3. The number of rotatable bonds is 17. The third-order valence-corrected chi connectivity index (χ3v) is 4.68. The van der Waals surface area contributed by atoms with Gasteiger partial charge in [-0.1, -0.05) is 116 Å². The number of hydrogen-bond donors (Lipinski definition) is 0. The summed E-state index contributed by atoms with van der Waals surface area (Å²) in [4.78, 5) is 0. The Morgan fingerprint density at radius 3 is 1.64 bits per heavy atom. The molecule has 22 heavy (non-hydrogen) atoms. The standard InChI is InChI=1S/C22H42/c1-4-6-8-10-12-14-16-18-20-22(3)21-19-17-15-13-11-9-7-5-2/h4,6,22H,1-2,5,7-21H2,3H3/b6-4+. The Hall–Kier alpha value is -0.260. The zero-order valence-corrected chi connectivity index (χ0v) is 15.5. The van der Waals surface area contributed by atoms with Gasteiger partial charge in [-0.25, -0.2) is 0 Å². The van der Waals surface area contributed by atoms with Crippen LogP contribution in [0.25, 0.3) is 0 Å². The van der Waals surface area contributed by atoms with Gasteiger partial charge in [-0.05, 0) is 25.7 Å². The maximum Gasteiger partial charge on any atom is -0.0316 e. The minimum Gasteiger partial charge on any atom is -0.0885 e. The fraction of sp³-hybridized carbons (Fsp3) is 0.818. The summed E-state index contributed by atoms with van der Waals surface area (Å²) >= 11 is 0. The molecular weight excluding hydrogens is 264 g/mol. The van der Waals surface area contributed by atoms with E-state index in [4.69, 9.17) is 0 Å². The molecule has 0 aliphatic heterocycles. The lowest BCUT2D eigenvalue weighted by Gasteiger charge is -2.11. The molecule has 0 heteroatoms. The number of hydrogen-bond acceptors (Lipinski definition) is 0. The lowest BCUT2D eigenvalue weighted by atomic mass is 9.96. The van der Waals surface area contributed by atoms with Crippen LogP contribution in [-0.4, -0.2) is 0 Å². The Morgan fingerprint density at radius 1 is 0.682 bits per heavy atom. The van der Waals surface area contributed by atoms with E-state index in [9.17, 15) is 0 Å². The van der Waals surface area contributed by atoms with Crippen molar-refractivity contribution in [3.05, 3.63) is 26.0 Å². The first-order valence-corrected chi connectivity index (χ1v) is 10.0. The Balaban J connectivity index is 3.14. The highest BCUT2D eigenvalue weighted by atomic mass is 14.1. The first-order valence-electron chi connectivity index (χ1n) is 10.0. The van der Waals surface area contributed by atoms with Crippen LogP contribution in [0.4, 0.5) is 0 Å². The van der Waals surface area contributed by atoms with Crippen LogP contribution in [0, 0.1) is 19.8 Å². The molecule has 0 aromatic heterocycles. The second kappa shape index (κ2) is 18.8. The molecule has 0 aliphatic rings. The summed E-state index contributed by atoms with van der Waals surface area (Å²) in [6.07, 6.45) is 26.3. The Kier molecular flexibility index (Phi) is 18.6. The van der Waals surface area contributed by atoms with Crippen molar-refractivity contribution in [1.29, 1.82) is 0 Å². The van der Waals surface area contributed by atoms with Gasteiger partial charge in [0.25, 0.3) is 0 Å². The Morgan fingerprint density at radius 2 is 1.14 bits per heavy atom. The van der Waals surface area contributed by atoms with Gasteiger partial charge in [0, 0.05) is 0 Å². The topological polar surface area (TPSA) is 0 Å². The predicted octanol–water partition coefficient (Wildman–Crippen LogP) is 8.09.